The molecule has 0 saturated carbocycles. The van der Waals surface area contributed by atoms with E-state index in [1.807, 2.05) is 18.2 Å². The number of methoxy groups -OCH3 is 1. The number of amides is 1. The second kappa shape index (κ2) is 7.56. The molecular weight excluding hydrogens is 372 g/mol. The van der Waals surface area contributed by atoms with Gasteiger partial charge in [-0.2, -0.15) is 0 Å². The van der Waals surface area contributed by atoms with Gasteiger partial charge in [0.25, 0.3) is 5.91 Å². The maximum Gasteiger partial charge on any atom is 0.276 e. The van der Waals surface area contributed by atoms with Gasteiger partial charge in [-0.05, 0) is 31.0 Å². The number of hydrogen-bond donors (Lipinski definition) is 2. The molecule has 26 heavy (non-hydrogen) atoms. The highest BCUT2D eigenvalue weighted by molar-refractivity contribution is 7.22. The fourth-order valence-electron chi connectivity index (χ4n) is 2.71. The van der Waals surface area contributed by atoms with Crippen LogP contribution < -0.4 is 15.4 Å². The van der Waals surface area contributed by atoms with Crippen molar-refractivity contribution in [1.82, 2.24) is 9.97 Å². The van der Waals surface area contributed by atoms with Crippen LogP contribution in [0.3, 0.4) is 0 Å². The Morgan fingerprint density at radius 2 is 2.31 bits per heavy atom. The first-order valence-electron chi connectivity index (χ1n) is 8.28. The number of anilines is 2. The lowest BCUT2D eigenvalue weighted by Gasteiger charge is -2.08. The van der Waals surface area contributed by atoms with Crippen LogP contribution in [-0.4, -0.2) is 42.2 Å². The van der Waals surface area contributed by atoms with Crippen LogP contribution in [0.15, 0.2) is 23.6 Å². The van der Waals surface area contributed by atoms with E-state index in [1.54, 1.807) is 12.5 Å². The molecule has 136 valence electrons. The average molecular weight is 390 g/mol. The molecule has 1 aliphatic heterocycles. The van der Waals surface area contributed by atoms with Crippen LogP contribution in [0.2, 0.25) is 0 Å². The van der Waals surface area contributed by atoms with Crippen LogP contribution in [0.4, 0.5) is 10.3 Å². The fourth-order valence-corrected chi connectivity index (χ4v) is 4.30. The number of carbonyl (C=O) groups is 1. The van der Waals surface area contributed by atoms with Crippen molar-refractivity contribution in [3.8, 4) is 5.75 Å². The maximum absolute atomic E-state index is 12.4. The molecule has 1 aromatic carbocycles. The molecule has 4 rings (SSSR count). The zero-order valence-corrected chi connectivity index (χ0v) is 15.8. The van der Waals surface area contributed by atoms with Gasteiger partial charge < -0.3 is 14.8 Å². The highest BCUT2D eigenvalue weighted by atomic mass is 32.1. The lowest BCUT2D eigenvalue weighted by atomic mass is 10.2. The van der Waals surface area contributed by atoms with Crippen LogP contribution in [0.25, 0.3) is 10.2 Å². The first-order chi connectivity index (χ1) is 12.7. The smallest absolute Gasteiger partial charge is 0.276 e. The Morgan fingerprint density at radius 1 is 1.38 bits per heavy atom. The van der Waals surface area contributed by atoms with Gasteiger partial charge in [-0.3, -0.25) is 10.1 Å². The van der Waals surface area contributed by atoms with Crippen LogP contribution in [0.5, 0.6) is 5.75 Å². The van der Waals surface area contributed by atoms with Gasteiger partial charge in [0.15, 0.2) is 10.3 Å². The third kappa shape index (κ3) is 3.79. The first-order valence-corrected chi connectivity index (χ1v) is 9.98. The summed E-state index contributed by atoms with van der Waals surface area (Å²) >= 11 is 2.81. The molecular formula is C17H18N4O3S2. The molecule has 7 nitrogen and oxygen atoms in total. The summed E-state index contributed by atoms with van der Waals surface area (Å²) in [6.07, 6.45) is 2.40. The molecule has 1 fully saturated rings. The van der Waals surface area contributed by atoms with Crippen LogP contribution in [0, 0.1) is 0 Å². The van der Waals surface area contributed by atoms with Gasteiger partial charge in [0.1, 0.15) is 11.4 Å². The predicted octanol–water partition coefficient (Wildman–Crippen LogP) is 3.60. The molecule has 9 heteroatoms. The highest BCUT2D eigenvalue weighted by Crippen LogP contribution is 2.29. The Labute approximate surface area is 158 Å². The third-order valence-corrected chi connectivity index (χ3v) is 5.79. The predicted molar refractivity (Wildman–Crippen MR) is 104 cm³/mol. The number of nitrogens with zero attached hydrogens (tertiary/aromatic N) is 2. The van der Waals surface area contributed by atoms with Gasteiger partial charge in [0.05, 0.1) is 23.4 Å². The highest BCUT2D eigenvalue weighted by Gasteiger charge is 2.17. The van der Waals surface area contributed by atoms with Crippen molar-refractivity contribution in [2.45, 2.75) is 18.9 Å². The summed E-state index contributed by atoms with van der Waals surface area (Å²) in [5.74, 6) is 0.498. The van der Waals surface area contributed by atoms with Crippen LogP contribution in [-0.2, 0) is 4.74 Å². The number of fused-ring (bicyclic) bond motifs is 1. The molecule has 2 aromatic heterocycles. The van der Waals surface area contributed by atoms with Crippen molar-refractivity contribution in [3.05, 3.63) is 29.3 Å². The molecule has 3 heterocycles. The van der Waals surface area contributed by atoms with Crippen molar-refractivity contribution in [2.24, 2.45) is 0 Å². The van der Waals surface area contributed by atoms with E-state index >= 15 is 0 Å². The van der Waals surface area contributed by atoms with Gasteiger partial charge in [0.2, 0.25) is 0 Å². The summed E-state index contributed by atoms with van der Waals surface area (Å²) in [7, 11) is 1.62. The Balaban J connectivity index is 1.39. The lowest BCUT2D eigenvalue weighted by molar-refractivity contribution is 0.102. The number of nitrogens with one attached hydrogen (secondary N) is 2. The van der Waals surface area contributed by atoms with Gasteiger partial charge in [-0.15, -0.1) is 11.3 Å². The van der Waals surface area contributed by atoms with Crippen molar-refractivity contribution < 1.29 is 14.3 Å². The Bertz CT molecular complexity index is 918. The van der Waals surface area contributed by atoms with Gasteiger partial charge >= 0.3 is 0 Å². The van der Waals surface area contributed by atoms with E-state index in [4.69, 9.17) is 9.47 Å². The summed E-state index contributed by atoms with van der Waals surface area (Å²) in [4.78, 5) is 21.2. The molecule has 1 atom stereocenters. The normalized spacial score (nSPS) is 16.7. The van der Waals surface area contributed by atoms with E-state index in [-0.39, 0.29) is 12.0 Å². The van der Waals surface area contributed by atoms with Gasteiger partial charge in [-0.1, -0.05) is 11.3 Å². The fraction of sp³-hybridized carbons (Fsp3) is 0.353. The SMILES string of the molecule is COc1ccc2nc(NC(=O)c3csc(NC[C@@H]4CCCO4)n3)sc2c1. The topological polar surface area (TPSA) is 85.4 Å². The van der Waals surface area contributed by atoms with Crippen molar-refractivity contribution in [1.29, 1.82) is 0 Å². The molecule has 0 unspecified atom stereocenters. The van der Waals surface area contributed by atoms with E-state index in [0.717, 1.165) is 40.5 Å². The minimum Gasteiger partial charge on any atom is -0.497 e. The third-order valence-electron chi connectivity index (χ3n) is 4.06. The monoisotopic (exact) mass is 390 g/mol. The lowest BCUT2D eigenvalue weighted by Crippen LogP contribution is -2.18. The van der Waals surface area contributed by atoms with Crippen molar-refractivity contribution in [3.63, 3.8) is 0 Å². The van der Waals surface area contributed by atoms with Crippen molar-refractivity contribution in [2.75, 3.05) is 30.9 Å². The van der Waals surface area contributed by atoms with E-state index in [9.17, 15) is 4.79 Å². The molecule has 0 aliphatic carbocycles. The van der Waals surface area contributed by atoms with E-state index in [2.05, 4.69) is 20.6 Å². The molecule has 1 amide bonds. The summed E-state index contributed by atoms with van der Waals surface area (Å²) in [5, 5.41) is 9.05. The quantitative estimate of drug-likeness (QED) is 0.669. The standard InChI is InChI=1S/C17H18N4O3S2/c1-23-10-4-5-12-14(7-10)26-17(19-12)21-15(22)13-9-25-16(20-13)18-8-11-3-2-6-24-11/h4-5,7,9,11H,2-3,6,8H2,1H3,(H,18,20)(H,19,21,22)/t11-/m0/s1. The van der Waals surface area contributed by atoms with Crippen molar-refractivity contribution >= 4 is 49.1 Å². The first kappa shape index (κ1) is 17.2. The summed E-state index contributed by atoms with van der Waals surface area (Å²) in [6.45, 7) is 1.54. The average Bonchev–Trinajstić information content (AvgIpc) is 3.38. The molecule has 1 aliphatic rings. The Hall–Kier alpha value is -2.23. The summed E-state index contributed by atoms with van der Waals surface area (Å²) in [5.41, 5.74) is 1.20. The van der Waals surface area contributed by atoms with E-state index < -0.39 is 0 Å². The Kier molecular flexibility index (Phi) is 5.00. The number of benzene rings is 1. The number of rotatable bonds is 6. The van der Waals surface area contributed by atoms with Gasteiger partial charge in [0, 0.05) is 18.5 Å². The Morgan fingerprint density at radius 3 is 3.12 bits per heavy atom. The van der Waals surface area contributed by atoms with Gasteiger partial charge in [-0.25, -0.2) is 9.97 Å². The van der Waals surface area contributed by atoms with E-state index in [1.165, 1.54) is 22.7 Å². The molecule has 2 N–H and O–H groups in total. The zero-order valence-electron chi connectivity index (χ0n) is 14.2. The van der Waals surface area contributed by atoms with E-state index in [0.29, 0.717) is 17.4 Å². The van der Waals surface area contributed by atoms with Crippen LogP contribution >= 0.6 is 22.7 Å². The van der Waals surface area contributed by atoms with Crippen LogP contribution in [0.1, 0.15) is 23.3 Å². The number of carbonyl (C=O) groups excluding carboxylic acids is 1. The number of aromatic nitrogens is 2. The molecule has 0 spiro atoms. The summed E-state index contributed by atoms with van der Waals surface area (Å²) in [6, 6.07) is 5.62. The molecule has 1 saturated heterocycles. The maximum atomic E-state index is 12.4. The molecule has 3 aromatic rings. The molecule has 0 bridgehead atoms. The number of thiazole rings is 2. The second-order valence-electron chi connectivity index (χ2n) is 5.86. The minimum absolute atomic E-state index is 0.232. The second-order valence-corrected chi connectivity index (χ2v) is 7.75. The number of hydrogen-bond acceptors (Lipinski definition) is 8. The minimum atomic E-state index is -0.266. The molecule has 0 radical (unpaired) electrons. The summed E-state index contributed by atoms with van der Waals surface area (Å²) < 4.78 is 11.7. The largest absolute Gasteiger partial charge is 0.497 e. The zero-order chi connectivity index (χ0) is 17.9. The number of ether oxygens (including phenoxy) is 2.